The molecule has 5 heteroatoms. The highest BCUT2D eigenvalue weighted by molar-refractivity contribution is 9.10. The first kappa shape index (κ1) is 12.6. The van der Waals surface area contributed by atoms with Crippen molar-refractivity contribution in [2.45, 2.75) is 26.3 Å². The zero-order valence-corrected chi connectivity index (χ0v) is 12.1. The summed E-state index contributed by atoms with van der Waals surface area (Å²) in [5.74, 6) is 2.04. The van der Waals surface area contributed by atoms with Gasteiger partial charge in [0.25, 0.3) is 0 Å². The third kappa shape index (κ3) is 2.24. The Kier molecular flexibility index (Phi) is 3.84. The van der Waals surface area contributed by atoms with Gasteiger partial charge in [-0.15, -0.1) is 21.8 Å². The fourth-order valence-corrected chi connectivity index (χ4v) is 2.43. The number of nitrogens with zero attached hydrogens (tertiary/aromatic N) is 3. The lowest BCUT2D eigenvalue weighted by Crippen LogP contribution is -2.02. The Labute approximate surface area is 114 Å². The first-order chi connectivity index (χ1) is 8.19. The van der Waals surface area contributed by atoms with Crippen molar-refractivity contribution < 1.29 is 0 Å². The molecule has 1 heterocycles. The van der Waals surface area contributed by atoms with Crippen LogP contribution in [0.3, 0.4) is 0 Å². The topological polar surface area (TPSA) is 30.7 Å². The van der Waals surface area contributed by atoms with E-state index < -0.39 is 0 Å². The summed E-state index contributed by atoms with van der Waals surface area (Å²) in [6.07, 6.45) is 0. The largest absolute Gasteiger partial charge is 0.310 e. The molecule has 1 aromatic carbocycles. The van der Waals surface area contributed by atoms with Crippen molar-refractivity contribution in [3.05, 3.63) is 34.1 Å². The summed E-state index contributed by atoms with van der Waals surface area (Å²) in [5.41, 5.74) is 2.23. The normalized spacial score (nSPS) is 10.8. The van der Waals surface area contributed by atoms with E-state index in [2.05, 4.69) is 46.0 Å². The number of benzene rings is 1. The molecule has 17 heavy (non-hydrogen) atoms. The molecule has 0 unspecified atom stereocenters. The lowest BCUT2D eigenvalue weighted by atomic mass is 10.1. The van der Waals surface area contributed by atoms with E-state index in [1.54, 1.807) is 0 Å². The number of aryl methyl sites for hydroxylation is 1. The quantitative estimate of drug-likeness (QED) is 0.807. The summed E-state index contributed by atoms with van der Waals surface area (Å²) in [7, 11) is 0. The fourth-order valence-electron chi connectivity index (χ4n) is 1.79. The summed E-state index contributed by atoms with van der Waals surface area (Å²) in [6, 6.07) is 6.11. The van der Waals surface area contributed by atoms with E-state index in [9.17, 15) is 0 Å². The summed E-state index contributed by atoms with van der Waals surface area (Å²) in [5, 5.41) is 8.34. The summed E-state index contributed by atoms with van der Waals surface area (Å²) < 4.78 is 3.09. The molecule has 0 saturated heterocycles. The highest BCUT2D eigenvalue weighted by atomic mass is 79.9. The van der Waals surface area contributed by atoms with E-state index in [1.165, 1.54) is 5.56 Å². The molecule has 0 saturated carbocycles. The smallest absolute Gasteiger partial charge is 0.165 e. The van der Waals surface area contributed by atoms with Gasteiger partial charge in [0.15, 0.2) is 5.82 Å². The van der Waals surface area contributed by atoms with Crippen molar-refractivity contribution in [1.82, 2.24) is 14.8 Å². The average molecular weight is 315 g/mol. The van der Waals surface area contributed by atoms with Crippen molar-refractivity contribution in [1.29, 1.82) is 0 Å². The number of hydrogen-bond donors (Lipinski definition) is 0. The Bertz CT molecular complexity index is 537. The van der Waals surface area contributed by atoms with Crippen LogP contribution in [0.25, 0.3) is 11.4 Å². The third-order valence-corrected chi connectivity index (χ3v) is 3.99. The molecule has 0 N–H and O–H groups in total. The second-order valence-electron chi connectivity index (χ2n) is 3.75. The van der Waals surface area contributed by atoms with Crippen LogP contribution in [0.4, 0.5) is 0 Å². The Balaban J connectivity index is 2.60. The van der Waals surface area contributed by atoms with Crippen molar-refractivity contribution >= 4 is 27.5 Å². The van der Waals surface area contributed by atoms with E-state index in [4.69, 9.17) is 11.6 Å². The van der Waals surface area contributed by atoms with Crippen LogP contribution in [0.15, 0.2) is 22.7 Å². The number of hydrogen-bond acceptors (Lipinski definition) is 2. The molecule has 0 spiro atoms. The minimum absolute atomic E-state index is 0.379. The Hall–Kier alpha value is -0.870. The zero-order valence-electron chi connectivity index (χ0n) is 9.74. The molecule has 0 aliphatic rings. The van der Waals surface area contributed by atoms with Gasteiger partial charge in [-0.25, -0.2) is 0 Å². The number of halogens is 2. The van der Waals surface area contributed by atoms with Crippen LogP contribution >= 0.6 is 27.5 Å². The van der Waals surface area contributed by atoms with E-state index >= 15 is 0 Å². The maximum Gasteiger partial charge on any atom is 0.165 e. The predicted molar refractivity (Wildman–Crippen MR) is 73.1 cm³/mol. The maximum atomic E-state index is 5.85. The first-order valence-corrected chi connectivity index (χ1v) is 6.75. The molecule has 2 rings (SSSR count). The number of alkyl halides is 1. The Morgan fingerprint density at radius 1 is 1.35 bits per heavy atom. The van der Waals surface area contributed by atoms with Gasteiger partial charge in [-0.1, -0.05) is 18.2 Å². The molecule has 0 aliphatic carbocycles. The number of aromatic nitrogens is 3. The molecule has 3 nitrogen and oxygen atoms in total. The van der Waals surface area contributed by atoms with Gasteiger partial charge < -0.3 is 4.57 Å². The highest BCUT2D eigenvalue weighted by Gasteiger charge is 2.14. The lowest BCUT2D eigenvalue weighted by molar-refractivity contribution is 0.730. The predicted octanol–water partition coefficient (Wildman–Crippen LogP) is 3.77. The Morgan fingerprint density at radius 3 is 2.76 bits per heavy atom. The molecule has 1 aromatic heterocycles. The monoisotopic (exact) mass is 313 g/mol. The van der Waals surface area contributed by atoms with Gasteiger partial charge in [0.2, 0.25) is 0 Å². The molecule has 0 atom stereocenters. The van der Waals surface area contributed by atoms with Crippen molar-refractivity contribution in [2.75, 3.05) is 0 Å². The molecule has 0 radical (unpaired) electrons. The van der Waals surface area contributed by atoms with Gasteiger partial charge in [0, 0.05) is 16.6 Å². The van der Waals surface area contributed by atoms with E-state index in [0.29, 0.717) is 5.88 Å². The van der Waals surface area contributed by atoms with Crippen LogP contribution in [0.5, 0.6) is 0 Å². The Morgan fingerprint density at radius 2 is 2.12 bits per heavy atom. The fraction of sp³-hybridized carbons (Fsp3) is 0.333. The van der Waals surface area contributed by atoms with Crippen molar-refractivity contribution in [3.63, 3.8) is 0 Å². The van der Waals surface area contributed by atoms with Crippen molar-refractivity contribution in [3.8, 4) is 11.4 Å². The summed E-state index contributed by atoms with van der Waals surface area (Å²) >= 11 is 9.44. The molecular formula is C12H13BrClN3. The summed E-state index contributed by atoms with van der Waals surface area (Å²) in [4.78, 5) is 0. The van der Waals surface area contributed by atoms with E-state index in [-0.39, 0.29) is 0 Å². The van der Waals surface area contributed by atoms with Crippen molar-refractivity contribution in [2.24, 2.45) is 0 Å². The van der Waals surface area contributed by atoms with Gasteiger partial charge in [-0.2, -0.15) is 0 Å². The van der Waals surface area contributed by atoms with Crippen LogP contribution in [0.1, 0.15) is 18.3 Å². The van der Waals surface area contributed by atoms with E-state index in [0.717, 1.165) is 28.2 Å². The summed E-state index contributed by atoms with van der Waals surface area (Å²) in [6.45, 7) is 4.93. The van der Waals surface area contributed by atoms with Gasteiger partial charge in [-0.3, -0.25) is 0 Å². The molecule has 0 bridgehead atoms. The molecular weight excluding hydrogens is 302 g/mol. The van der Waals surface area contributed by atoms with Gasteiger partial charge in [-0.05, 0) is 35.3 Å². The lowest BCUT2D eigenvalue weighted by Gasteiger charge is -2.09. The molecule has 2 aromatic rings. The standard InChI is InChI=1S/C12H13BrClN3/c1-3-17-10(7-14)15-16-12(17)9-6-4-5-8(2)11(9)13/h4-6H,3,7H2,1-2H3. The van der Waals surface area contributed by atoms with Gasteiger partial charge in [0.05, 0.1) is 5.88 Å². The zero-order chi connectivity index (χ0) is 12.4. The van der Waals surface area contributed by atoms with Crippen LogP contribution in [-0.2, 0) is 12.4 Å². The molecule has 0 amide bonds. The minimum Gasteiger partial charge on any atom is -0.310 e. The van der Waals surface area contributed by atoms with Crippen LogP contribution in [-0.4, -0.2) is 14.8 Å². The first-order valence-electron chi connectivity index (χ1n) is 5.42. The highest BCUT2D eigenvalue weighted by Crippen LogP contribution is 2.30. The van der Waals surface area contributed by atoms with Crippen LogP contribution < -0.4 is 0 Å². The molecule has 90 valence electrons. The minimum atomic E-state index is 0.379. The van der Waals surface area contributed by atoms with Gasteiger partial charge in [0.1, 0.15) is 5.82 Å². The third-order valence-electron chi connectivity index (χ3n) is 2.70. The van der Waals surface area contributed by atoms with E-state index in [1.807, 2.05) is 16.7 Å². The molecule has 0 aliphatic heterocycles. The van der Waals surface area contributed by atoms with Crippen LogP contribution in [0.2, 0.25) is 0 Å². The second kappa shape index (κ2) is 5.19. The average Bonchev–Trinajstić information content (AvgIpc) is 2.75. The SMILES string of the molecule is CCn1c(CCl)nnc1-c1cccc(C)c1Br. The second-order valence-corrected chi connectivity index (χ2v) is 4.81. The molecule has 0 fully saturated rings. The van der Waals surface area contributed by atoms with Gasteiger partial charge >= 0.3 is 0 Å². The van der Waals surface area contributed by atoms with Crippen LogP contribution in [0, 0.1) is 6.92 Å². The number of rotatable bonds is 3. The maximum absolute atomic E-state index is 5.85.